The Kier molecular flexibility index (Phi) is 8.58. The monoisotopic (exact) mass is 373 g/mol. The van der Waals surface area contributed by atoms with Crippen molar-refractivity contribution in [2.24, 2.45) is 4.99 Å². The topological polar surface area (TPSA) is 52.6 Å². The van der Waals surface area contributed by atoms with Crippen molar-refractivity contribution in [1.82, 2.24) is 20.5 Å². The van der Waals surface area contributed by atoms with Crippen LogP contribution in [0.25, 0.3) is 0 Å². The van der Waals surface area contributed by atoms with Crippen LogP contribution >= 0.6 is 11.3 Å². The van der Waals surface area contributed by atoms with Crippen molar-refractivity contribution in [3.63, 3.8) is 0 Å². The number of aromatic nitrogens is 1. The highest BCUT2D eigenvalue weighted by Crippen LogP contribution is 2.16. The fraction of sp³-hybridized carbons (Fsp3) is 0.500. The largest absolute Gasteiger partial charge is 0.357 e. The van der Waals surface area contributed by atoms with E-state index in [0.29, 0.717) is 6.54 Å². The Morgan fingerprint density at radius 2 is 1.96 bits per heavy atom. The Bertz CT molecular complexity index is 661. The number of nitrogens with one attached hydrogen (secondary N) is 2. The Hall–Kier alpha value is -1.92. The highest BCUT2D eigenvalue weighted by Gasteiger charge is 2.04. The predicted molar refractivity (Wildman–Crippen MR) is 112 cm³/mol. The van der Waals surface area contributed by atoms with Gasteiger partial charge in [-0.25, -0.2) is 9.98 Å². The molecule has 1 aromatic heterocycles. The van der Waals surface area contributed by atoms with Crippen LogP contribution in [0.3, 0.4) is 0 Å². The van der Waals surface area contributed by atoms with Gasteiger partial charge in [-0.1, -0.05) is 30.3 Å². The number of hydrogen-bond acceptors (Lipinski definition) is 4. The molecule has 0 bridgehead atoms. The molecule has 0 atom stereocenters. The molecule has 0 aliphatic rings. The maximum Gasteiger partial charge on any atom is 0.191 e. The quantitative estimate of drug-likeness (QED) is 0.402. The van der Waals surface area contributed by atoms with Gasteiger partial charge in [-0.2, -0.15) is 0 Å². The van der Waals surface area contributed by atoms with E-state index >= 15 is 0 Å². The third kappa shape index (κ3) is 7.14. The van der Waals surface area contributed by atoms with E-state index in [0.717, 1.165) is 49.3 Å². The molecule has 0 aliphatic carbocycles. The summed E-state index contributed by atoms with van der Waals surface area (Å²) in [7, 11) is 2.17. The first kappa shape index (κ1) is 20.4. The van der Waals surface area contributed by atoms with Crippen molar-refractivity contribution >= 4 is 17.3 Å². The van der Waals surface area contributed by atoms with Gasteiger partial charge in [0.25, 0.3) is 0 Å². The number of rotatable bonds is 9. The molecule has 0 spiro atoms. The lowest BCUT2D eigenvalue weighted by Gasteiger charge is -2.17. The zero-order valence-electron chi connectivity index (χ0n) is 16.4. The van der Waals surface area contributed by atoms with Crippen molar-refractivity contribution in [3.05, 3.63) is 51.5 Å². The number of hydrogen-bond donors (Lipinski definition) is 2. The van der Waals surface area contributed by atoms with E-state index in [-0.39, 0.29) is 0 Å². The summed E-state index contributed by atoms with van der Waals surface area (Å²) >= 11 is 1.73. The lowest BCUT2D eigenvalue weighted by Crippen LogP contribution is -2.38. The maximum absolute atomic E-state index is 4.65. The Labute approximate surface area is 161 Å². The summed E-state index contributed by atoms with van der Waals surface area (Å²) in [5.74, 6) is 0.865. The molecule has 0 saturated heterocycles. The van der Waals surface area contributed by atoms with E-state index in [1.165, 1.54) is 10.4 Å². The van der Waals surface area contributed by atoms with Crippen molar-refractivity contribution in [2.45, 2.75) is 40.3 Å². The number of aliphatic imine (C=N–C) groups is 1. The number of guanidine groups is 1. The third-order valence-electron chi connectivity index (χ3n) is 4.09. The average molecular weight is 374 g/mol. The minimum absolute atomic E-state index is 0.628. The SMILES string of the molecule is CCNC(=NCc1nc(C)c(C)s1)NCCCN(C)Cc1ccccc1. The second kappa shape index (κ2) is 10.9. The second-order valence-corrected chi connectivity index (χ2v) is 7.74. The van der Waals surface area contributed by atoms with Crippen LogP contribution in [-0.2, 0) is 13.1 Å². The Balaban J connectivity index is 1.72. The van der Waals surface area contributed by atoms with Crippen LogP contribution in [0.2, 0.25) is 0 Å². The highest BCUT2D eigenvalue weighted by atomic mass is 32.1. The molecular formula is C20H31N5S. The van der Waals surface area contributed by atoms with Gasteiger partial charge in [0, 0.05) is 24.5 Å². The standard InChI is InChI=1S/C20H31N5S/c1-5-21-20(23-14-19-24-16(2)17(3)26-19)22-12-9-13-25(4)15-18-10-7-6-8-11-18/h6-8,10-11H,5,9,12-15H2,1-4H3,(H2,21,22,23). The molecule has 1 aromatic carbocycles. The van der Waals surface area contributed by atoms with Crippen LogP contribution < -0.4 is 10.6 Å². The molecule has 1 heterocycles. The van der Waals surface area contributed by atoms with Gasteiger partial charge in [0.15, 0.2) is 5.96 Å². The molecule has 0 radical (unpaired) electrons. The van der Waals surface area contributed by atoms with Crippen LogP contribution in [0.15, 0.2) is 35.3 Å². The van der Waals surface area contributed by atoms with Gasteiger partial charge >= 0.3 is 0 Å². The van der Waals surface area contributed by atoms with Gasteiger partial charge in [-0.15, -0.1) is 11.3 Å². The van der Waals surface area contributed by atoms with Crippen molar-refractivity contribution in [3.8, 4) is 0 Å². The summed E-state index contributed by atoms with van der Waals surface area (Å²) in [4.78, 5) is 12.8. The number of thiazole rings is 1. The zero-order chi connectivity index (χ0) is 18.8. The molecule has 0 unspecified atom stereocenters. The van der Waals surface area contributed by atoms with Gasteiger partial charge in [-0.3, -0.25) is 0 Å². The predicted octanol–water partition coefficient (Wildman–Crippen LogP) is 3.34. The van der Waals surface area contributed by atoms with Gasteiger partial charge < -0.3 is 15.5 Å². The summed E-state index contributed by atoms with van der Waals surface area (Å²) in [5, 5.41) is 7.79. The van der Waals surface area contributed by atoms with Gasteiger partial charge in [0.2, 0.25) is 0 Å². The van der Waals surface area contributed by atoms with Crippen LogP contribution in [0.1, 0.15) is 34.5 Å². The minimum atomic E-state index is 0.628. The van der Waals surface area contributed by atoms with Crippen LogP contribution in [0, 0.1) is 13.8 Å². The fourth-order valence-corrected chi connectivity index (χ4v) is 3.48. The van der Waals surface area contributed by atoms with Gasteiger partial charge in [0.05, 0.1) is 12.2 Å². The van der Waals surface area contributed by atoms with E-state index in [2.05, 4.69) is 83.7 Å². The van der Waals surface area contributed by atoms with Gasteiger partial charge in [0.1, 0.15) is 5.01 Å². The van der Waals surface area contributed by atoms with E-state index in [4.69, 9.17) is 0 Å². The minimum Gasteiger partial charge on any atom is -0.357 e. The van der Waals surface area contributed by atoms with E-state index in [1.54, 1.807) is 11.3 Å². The second-order valence-electron chi connectivity index (χ2n) is 6.45. The third-order valence-corrected chi connectivity index (χ3v) is 5.15. The van der Waals surface area contributed by atoms with Crippen molar-refractivity contribution in [1.29, 1.82) is 0 Å². The molecular weight excluding hydrogens is 342 g/mol. The molecule has 2 aromatic rings. The molecule has 5 nitrogen and oxygen atoms in total. The summed E-state index contributed by atoms with van der Waals surface area (Å²) in [5.41, 5.74) is 2.46. The zero-order valence-corrected chi connectivity index (χ0v) is 17.2. The molecule has 0 saturated carbocycles. The molecule has 2 N–H and O–H groups in total. The van der Waals surface area contributed by atoms with E-state index in [9.17, 15) is 0 Å². The Morgan fingerprint density at radius 3 is 2.62 bits per heavy atom. The summed E-state index contributed by atoms with van der Waals surface area (Å²) < 4.78 is 0. The summed E-state index contributed by atoms with van der Waals surface area (Å²) in [6.45, 7) is 10.7. The summed E-state index contributed by atoms with van der Waals surface area (Å²) in [6, 6.07) is 10.6. The molecule has 6 heteroatoms. The van der Waals surface area contributed by atoms with Crippen molar-refractivity contribution in [2.75, 3.05) is 26.7 Å². The first-order chi connectivity index (χ1) is 12.6. The van der Waals surface area contributed by atoms with Crippen molar-refractivity contribution < 1.29 is 0 Å². The first-order valence-electron chi connectivity index (χ1n) is 9.26. The van der Waals surface area contributed by atoms with Gasteiger partial charge in [-0.05, 0) is 46.3 Å². The number of benzene rings is 1. The first-order valence-corrected chi connectivity index (χ1v) is 10.1. The molecule has 26 heavy (non-hydrogen) atoms. The summed E-state index contributed by atoms with van der Waals surface area (Å²) in [6.07, 6.45) is 1.07. The van der Waals surface area contributed by atoms with Crippen LogP contribution in [-0.4, -0.2) is 42.5 Å². The smallest absolute Gasteiger partial charge is 0.191 e. The molecule has 2 rings (SSSR count). The number of nitrogens with zero attached hydrogens (tertiary/aromatic N) is 3. The number of aryl methyl sites for hydroxylation is 2. The Morgan fingerprint density at radius 1 is 1.19 bits per heavy atom. The normalized spacial score (nSPS) is 11.8. The average Bonchev–Trinajstić information content (AvgIpc) is 2.95. The lowest BCUT2D eigenvalue weighted by atomic mass is 10.2. The van der Waals surface area contributed by atoms with E-state index in [1.807, 2.05) is 0 Å². The maximum atomic E-state index is 4.65. The van der Waals surface area contributed by atoms with Crippen LogP contribution in [0.5, 0.6) is 0 Å². The molecule has 142 valence electrons. The fourth-order valence-electron chi connectivity index (χ4n) is 2.63. The molecule has 0 amide bonds. The lowest BCUT2D eigenvalue weighted by molar-refractivity contribution is 0.322. The molecule has 0 aliphatic heterocycles. The highest BCUT2D eigenvalue weighted by molar-refractivity contribution is 7.11. The molecule has 0 fully saturated rings. The van der Waals surface area contributed by atoms with Crippen LogP contribution in [0.4, 0.5) is 0 Å². The van der Waals surface area contributed by atoms with E-state index < -0.39 is 0 Å².